The summed E-state index contributed by atoms with van der Waals surface area (Å²) in [6, 6.07) is 4.17. The number of fused-ring (bicyclic) bond motifs is 4. The minimum atomic E-state index is -4.01. The summed E-state index contributed by atoms with van der Waals surface area (Å²) in [5, 5.41) is 6.64. The van der Waals surface area contributed by atoms with Crippen molar-refractivity contribution in [2.75, 3.05) is 6.54 Å². The number of sulfonamides is 1. The van der Waals surface area contributed by atoms with Gasteiger partial charge in [0.1, 0.15) is 39.9 Å². The zero-order valence-electron chi connectivity index (χ0n) is 37.8. The molecule has 63 heavy (non-hydrogen) atoms. The third-order valence-electron chi connectivity index (χ3n) is 13.4. The van der Waals surface area contributed by atoms with Gasteiger partial charge in [-0.15, -0.1) is 11.3 Å². The highest BCUT2D eigenvalue weighted by Gasteiger charge is 2.63. The number of amides is 4. The molecule has 3 fully saturated rings. The molecule has 1 aromatic carbocycles. The Labute approximate surface area is 374 Å². The van der Waals surface area contributed by atoms with Crippen molar-refractivity contribution in [3.05, 3.63) is 40.9 Å². The largest absolute Gasteiger partial charge is 0.459 e. The zero-order valence-corrected chi connectivity index (χ0v) is 39.5. The first-order chi connectivity index (χ1) is 29.6. The maximum Gasteiger partial charge on any atom is 0.408 e. The average molecular weight is 906 g/mol. The van der Waals surface area contributed by atoms with Crippen molar-refractivity contribution in [1.82, 2.24) is 34.8 Å². The van der Waals surface area contributed by atoms with Gasteiger partial charge in [-0.2, -0.15) is 4.98 Å². The molecular formula is C46H63N7O8S2. The Hall–Kier alpha value is -4.51. The number of alkyl carbamates (subject to hydrolysis) is 1. The molecule has 342 valence electrons. The second-order valence-electron chi connectivity index (χ2n) is 20.5. The quantitative estimate of drug-likeness (QED) is 0.199. The van der Waals surface area contributed by atoms with Crippen LogP contribution in [0.15, 0.2) is 30.4 Å². The van der Waals surface area contributed by atoms with Gasteiger partial charge in [0.05, 0.1) is 22.5 Å². The van der Waals surface area contributed by atoms with E-state index < -0.39 is 73.8 Å². The number of hydrogen-bond donors (Lipinski definition) is 3. The van der Waals surface area contributed by atoms with E-state index in [0.29, 0.717) is 38.1 Å². The van der Waals surface area contributed by atoms with Crippen LogP contribution in [0.2, 0.25) is 0 Å². The Morgan fingerprint density at radius 3 is 2.49 bits per heavy atom. The van der Waals surface area contributed by atoms with Crippen LogP contribution in [-0.4, -0.2) is 92.3 Å². The van der Waals surface area contributed by atoms with Crippen molar-refractivity contribution in [2.45, 2.75) is 178 Å². The first-order valence-corrected chi connectivity index (χ1v) is 24.9. The van der Waals surface area contributed by atoms with Gasteiger partial charge in [0.25, 0.3) is 11.9 Å². The summed E-state index contributed by atoms with van der Waals surface area (Å²) in [7, 11) is -4.01. The number of thiazole rings is 1. The van der Waals surface area contributed by atoms with Gasteiger partial charge in [0.15, 0.2) is 0 Å². The summed E-state index contributed by atoms with van der Waals surface area (Å²) in [6.07, 6.45) is 9.90. The molecule has 0 unspecified atom stereocenters. The topological polar surface area (TPSA) is 191 Å². The number of imidazole rings is 1. The maximum atomic E-state index is 14.8. The van der Waals surface area contributed by atoms with E-state index in [4.69, 9.17) is 19.4 Å². The Morgan fingerprint density at radius 1 is 1.03 bits per heavy atom. The van der Waals surface area contributed by atoms with Gasteiger partial charge < -0.3 is 25.0 Å². The molecule has 8 rings (SSSR count). The maximum absolute atomic E-state index is 14.8. The van der Waals surface area contributed by atoms with E-state index in [-0.39, 0.29) is 30.8 Å². The number of carbonyl (C=O) groups is 4. The molecule has 3 aliphatic carbocycles. The summed E-state index contributed by atoms with van der Waals surface area (Å²) >= 11 is 1.71. The van der Waals surface area contributed by atoms with Crippen LogP contribution in [0.25, 0.3) is 21.6 Å². The van der Waals surface area contributed by atoms with Crippen LogP contribution in [0, 0.1) is 5.92 Å². The van der Waals surface area contributed by atoms with Crippen LogP contribution in [0.5, 0.6) is 6.01 Å². The first kappa shape index (κ1) is 45.1. The SMILES string of the molecule is CC(C)n1c(O[C@@H]2C[C@H]3C(=O)N[C@]4(C(=O)NS(=O)(=O)C5(C)CC5)C[C@H]4/C=C\CCCCC[C@H](NC(=O)OC(C)(C)C)C(=O)N3C2)nc2c(-c3nc4c(s3)CCCC4(C)C)cccc21. The molecule has 4 heterocycles. The van der Waals surface area contributed by atoms with E-state index in [1.807, 2.05) is 48.8 Å². The Kier molecular flexibility index (Phi) is 11.8. The normalized spacial score (nSPS) is 27.5. The lowest BCUT2D eigenvalue weighted by atomic mass is 9.79. The number of benzene rings is 1. The standard InChI is InChI=1S/C46H63N7O8S2/c1-27(2)53-32-19-14-17-30(38-49-36-34(62-38)20-15-21-44(36,6)7)35(32)48-41(53)60-29-24-33-37(54)50-46(40(56)51-63(58,59)45(8)22-23-45)25-28(46)16-12-10-9-11-13-18-31(39(55)52(33)26-29)47-42(57)61-43(3,4)5/h12,14,16-17,19,27-29,31,33H,9-11,13,15,18,20-26H2,1-8H3,(H,47,57)(H,50,54)(H,51,56)/b16-12-/t28-,29-,31+,33+,46-/m1/s1. The molecule has 4 amide bonds. The number of allylic oxidation sites excluding steroid dienone is 1. The Morgan fingerprint density at radius 2 is 1.79 bits per heavy atom. The number of carbonyl (C=O) groups excluding carboxylic acids is 4. The predicted molar refractivity (Wildman–Crippen MR) is 241 cm³/mol. The molecule has 0 radical (unpaired) electrons. The lowest BCUT2D eigenvalue weighted by molar-refractivity contribution is -0.141. The van der Waals surface area contributed by atoms with Crippen LogP contribution >= 0.6 is 11.3 Å². The zero-order chi connectivity index (χ0) is 45.3. The van der Waals surface area contributed by atoms with Gasteiger partial charge in [-0.25, -0.2) is 18.2 Å². The summed E-state index contributed by atoms with van der Waals surface area (Å²) < 4.78 is 42.2. The second kappa shape index (κ2) is 16.5. The highest BCUT2D eigenvalue weighted by atomic mass is 32.2. The Balaban J connectivity index is 1.13. The molecule has 2 saturated carbocycles. The van der Waals surface area contributed by atoms with E-state index in [2.05, 4.69) is 29.2 Å². The second-order valence-corrected chi connectivity index (χ2v) is 23.7. The van der Waals surface area contributed by atoms with E-state index in [0.717, 1.165) is 59.4 Å². The predicted octanol–water partition coefficient (Wildman–Crippen LogP) is 6.99. The number of nitrogens with zero attached hydrogens (tertiary/aromatic N) is 4. The third kappa shape index (κ3) is 8.97. The molecule has 0 bridgehead atoms. The molecule has 5 atom stereocenters. The van der Waals surface area contributed by atoms with Crippen LogP contribution in [0.4, 0.5) is 4.79 Å². The van der Waals surface area contributed by atoms with E-state index in [1.54, 1.807) is 39.0 Å². The lowest BCUT2D eigenvalue weighted by Gasteiger charge is -2.30. The van der Waals surface area contributed by atoms with E-state index in [1.165, 1.54) is 9.78 Å². The number of aromatic nitrogens is 3. The first-order valence-electron chi connectivity index (χ1n) is 22.6. The molecule has 3 aromatic rings. The summed E-state index contributed by atoms with van der Waals surface area (Å²) in [5.41, 5.74) is 1.31. The molecular weight excluding hydrogens is 843 g/mol. The molecule has 0 spiro atoms. The molecule has 17 heteroatoms. The van der Waals surface area contributed by atoms with Crippen molar-refractivity contribution in [2.24, 2.45) is 5.92 Å². The molecule has 2 aliphatic heterocycles. The smallest absolute Gasteiger partial charge is 0.408 e. The fourth-order valence-electron chi connectivity index (χ4n) is 9.37. The van der Waals surface area contributed by atoms with Crippen molar-refractivity contribution >= 4 is 56.2 Å². The highest BCUT2D eigenvalue weighted by Crippen LogP contribution is 2.48. The van der Waals surface area contributed by atoms with E-state index in [9.17, 15) is 27.6 Å². The fourth-order valence-corrected chi connectivity index (χ4v) is 12.0. The fraction of sp³-hybridized carbons (Fsp3) is 0.652. The minimum absolute atomic E-state index is 0.0128. The Bertz CT molecular complexity index is 2450. The number of hydrogen-bond acceptors (Lipinski definition) is 11. The average Bonchev–Trinajstić information content (AvgIpc) is 3.88. The highest BCUT2D eigenvalue weighted by molar-refractivity contribution is 7.91. The number of para-hydroxylation sites is 1. The van der Waals surface area contributed by atoms with Crippen molar-refractivity contribution in [3.63, 3.8) is 0 Å². The van der Waals surface area contributed by atoms with E-state index >= 15 is 0 Å². The molecule has 2 aromatic heterocycles. The van der Waals surface area contributed by atoms with Crippen LogP contribution < -0.4 is 20.1 Å². The van der Waals surface area contributed by atoms with Gasteiger partial charge in [0, 0.05) is 34.2 Å². The van der Waals surface area contributed by atoms with Crippen LogP contribution in [0.3, 0.4) is 0 Å². The summed E-state index contributed by atoms with van der Waals surface area (Å²) in [6.45, 7) is 15.4. The number of aryl methyl sites for hydroxylation is 1. The van der Waals surface area contributed by atoms with Gasteiger partial charge in [-0.3, -0.25) is 23.7 Å². The molecule has 3 N–H and O–H groups in total. The minimum Gasteiger partial charge on any atom is -0.459 e. The van der Waals surface area contributed by atoms with Crippen LogP contribution in [0.1, 0.15) is 143 Å². The van der Waals surface area contributed by atoms with Gasteiger partial charge in [-0.05, 0) is 111 Å². The molecule has 5 aliphatic rings. The molecule has 1 saturated heterocycles. The van der Waals surface area contributed by atoms with Crippen LogP contribution in [-0.2, 0) is 41.0 Å². The molecule has 15 nitrogen and oxygen atoms in total. The van der Waals surface area contributed by atoms with Crippen molar-refractivity contribution < 1.29 is 37.1 Å². The monoisotopic (exact) mass is 905 g/mol. The van der Waals surface area contributed by atoms with Gasteiger partial charge in [0.2, 0.25) is 21.8 Å². The summed E-state index contributed by atoms with van der Waals surface area (Å²) in [5.74, 6) is -2.33. The number of nitrogens with one attached hydrogen (secondary N) is 3. The number of ether oxygens (including phenoxy) is 2. The van der Waals surface area contributed by atoms with Crippen molar-refractivity contribution in [1.29, 1.82) is 0 Å². The van der Waals surface area contributed by atoms with Crippen molar-refractivity contribution in [3.8, 4) is 16.6 Å². The summed E-state index contributed by atoms with van der Waals surface area (Å²) in [4.78, 5) is 69.7. The third-order valence-corrected chi connectivity index (χ3v) is 16.7. The van der Waals surface area contributed by atoms with Gasteiger partial charge >= 0.3 is 6.09 Å². The lowest BCUT2D eigenvalue weighted by Crippen LogP contribution is -2.58. The number of rotatable bonds is 8. The van der Waals surface area contributed by atoms with Gasteiger partial charge in [-0.1, -0.05) is 44.9 Å².